The summed E-state index contributed by atoms with van der Waals surface area (Å²) in [6, 6.07) is 0. The Morgan fingerprint density at radius 3 is 1.30 bits per heavy atom. The average molecular weight is 437 g/mol. The van der Waals surface area contributed by atoms with E-state index in [4.69, 9.17) is 20.4 Å². The van der Waals surface area contributed by atoms with Gasteiger partial charge in [0.1, 0.15) is 23.1 Å². The van der Waals surface area contributed by atoms with Gasteiger partial charge in [-0.25, -0.2) is 0 Å². The van der Waals surface area contributed by atoms with Crippen molar-refractivity contribution in [2.24, 2.45) is 0 Å². The maximum atomic E-state index is 10.8. The monoisotopic (exact) mass is 436 g/mol. The summed E-state index contributed by atoms with van der Waals surface area (Å²) in [5, 5.41) is 35.3. The molecule has 180 valence electrons. The van der Waals surface area contributed by atoms with Crippen molar-refractivity contribution in [3.05, 3.63) is 0 Å². The molecule has 0 aliphatic rings. The van der Waals surface area contributed by atoms with Gasteiger partial charge in [-0.1, -0.05) is 13.8 Å². The predicted octanol–water partition coefficient (Wildman–Crippen LogP) is 2.17. The highest BCUT2D eigenvalue weighted by Crippen LogP contribution is 2.05. The van der Waals surface area contributed by atoms with Crippen molar-refractivity contribution in [1.82, 2.24) is 0 Å². The van der Waals surface area contributed by atoms with Crippen LogP contribution in [0, 0.1) is 0 Å². The molecule has 0 aromatic carbocycles. The number of aliphatic hydroxyl groups excluding tert-OH is 4. The topological polar surface area (TPSA) is 149 Å². The van der Waals surface area contributed by atoms with Crippen molar-refractivity contribution in [3.63, 3.8) is 0 Å². The molecule has 0 bridgehead atoms. The van der Waals surface area contributed by atoms with E-state index < -0.39 is 18.3 Å². The van der Waals surface area contributed by atoms with Gasteiger partial charge in [-0.05, 0) is 60.8 Å². The summed E-state index contributed by atoms with van der Waals surface area (Å²) in [6.07, 6.45) is -0.215. The lowest BCUT2D eigenvalue weighted by atomic mass is 10.1. The average Bonchev–Trinajstić information content (AvgIpc) is 2.52. The SMILES string of the molecule is CC(C)=O.CC(C)O.CC[C@@H](O)CC(=O)CC(C)=O.CC[C@@H](O)C[C@@H](O)CC(C)=O. The molecule has 0 aliphatic carbocycles. The minimum absolute atomic E-state index is 0.0409. The number of rotatable bonds is 10. The van der Waals surface area contributed by atoms with Crippen LogP contribution in [0.1, 0.15) is 93.9 Å². The highest BCUT2D eigenvalue weighted by atomic mass is 16.3. The van der Waals surface area contributed by atoms with Crippen LogP contribution in [0.4, 0.5) is 0 Å². The fraction of sp³-hybridized carbons (Fsp3) is 0.818. The van der Waals surface area contributed by atoms with Crippen molar-refractivity contribution in [1.29, 1.82) is 0 Å². The second kappa shape index (κ2) is 23.8. The van der Waals surface area contributed by atoms with Crippen LogP contribution in [0.2, 0.25) is 0 Å². The number of carbonyl (C=O) groups is 4. The van der Waals surface area contributed by atoms with Gasteiger partial charge in [-0.2, -0.15) is 0 Å². The number of hydrogen-bond donors (Lipinski definition) is 4. The van der Waals surface area contributed by atoms with E-state index in [0.29, 0.717) is 19.3 Å². The van der Waals surface area contributed by atoms with Crippen molar-refractivity contribution in [2.45, 2.75) is 118 Å². The van der Waals surface area contributed by atoms with Crippen LogP contribution < -0.4 is 0 Å². The van der Waals surface area contributed by atoms with Crippen LogP contribution in [0.25, 0.3) is 0 Å². The van der Waals surface area contributed by atoms with Crippen molar-refractivity contribution in [2.75, 3.05) is 0 Å². The zero-order chi connectivity index (χ0) is 24.9. The van der Waals surface area contributed by atoms with E-state index in [-0.39, 0.29) is 48.5 Å². The largest absolute Gasteiger partial charge is 0.394 e. The Balaban J connectivity index is -0.000000167. The molecule has 0 spiro atoms. The molecule has 0 fully saturated rings. The lowest BCUT2D eigenvalue weighted by molar-refractivity contribution is -0.127. The first-order valence-electron chi connectivity index (χ1n) is 10.3. The zero-order valence-electron chi connectivity index (χ0n) is 20.0. The third-order valence-electron chi connectivity index (χ3n) is 2.92. The van der Waals surface area contributed by atoms with Crippen molar-refractivity contribution >= 4 is 23.1 Å². The summed E-state index contributed by atoms with van der Waals surface area (Å²) in [6.45, 7) is 12.9. The van der Waals surface area contributed by atoms with Gasteiger partial charge in [0.15, 0.2) is 0 Å². The smallest absolute Gasteiger partial charge is 0.142 e. The molecule has 3 atom stereocenters. The molecule has 0 saturated heterocycles. The first kappa shape index (κ1) is 35.9. The van der Waals surface area contributed by atoms with Crippen LogP contribution in [0.15, 0.2) is 0 Å². The van der Waals surface area contributed by atoms with E-state index in [0.717, 1.165) is 0 Å². The lowest BCUT2D eigenvalue weighted by Gasteiger charge is -2.11. The molecule has 0 aliphatic heterocycles. The first-order valence-corrected chi connectivity index (χ1v) is 10.3. The Kier molecular flexibility index (Phi) is 28.5. The summed E-state index contributed by atoms with van der Waals surface area (Å²) < 4.78 is 0. The predicted molar refractivity (Wildman–Crippen MR) is 117 cm³/mol. The van der Waals surface area contributed by atoms with Crippen LogP contribution in [0.3, 0.4) is 0 Å². The second-order valence-electron chi connectivity index (χ2n) is 7.54. The highest BCUT2D eigenvalue weighted by Gasteiger charge is 2.11. The molecule has 8 heteroatoms. The van der Waals surface area contributed by atoms with Gasteiger partial charge >= 0.3 is 0 Å². The maximum Gasteiger partial charge on any atom is 0.142 e. The van der Waals surface area contributed by atoms with E-state index in [2.05, 4.69) is 0 Å². The van der Waals surface area contributed by atoms with Gasteiger partial charge in [0.05, 0.1) is 24.7 Å². The molecule has 0 radical (unpaired) electrons. The number of aliphatic hydroxyl groups is 4. The second-order valence-corrected chi connectivity index (χ2v) is 7.54. The first-order chi connectivity index (χ1) is 13.6. The Morgan fingerprint density at radius 1 is 0.667 bits per heavy atom. The number of hydrogen-bond acceptors (Lipinski definition) is 8. The van der Waals surface area contributed by atoms with E-state index in [1.165, 1.54) is 27.7 Å². The van der Waals surface area contributed by atoms with Crippen LogP contribution in [-0.4, -0.2) is 68.0 Å². The summed E-state index contributed by atoms with van der Waals surface area (Å²) in [5.41, 5.74) is 0. The quantitative estimate of drug-likeness (QED) is 0.381. The van der Waals surface area contributed by atoms with E-state index in [9.17, 15) is 19.2 Å². The standard InChI is InChI=1S/C8H16O3.C8H14O3.C3H8O.C3H6O/c2*1-3-7(10)5-8(11)4-6(2)9;2*1-3(2)4/h7-8,10-11H,3-5H2,1-2H3;7,10H,3-5H2,1-2H3;3-4H,1-2H3;1-2H3/t7-,8+;7-;;/m11../s1. The lowest BCUT2D eigenvalue weighted by Crippen LogP contribution is -2.19. The van der Waals surface area contributed by atoms with Gasteiger partial charge in [-0.3, -0.25) is 14.4 Å². The molecule has 0 aromatic rings. The van der Waals surface area contributed by atoms with Crippen LogP contribution in [-0.2, 0) is 19.2 Å². The van der Waals surface area contributed by atoms with Crippen LogP contribution in [0.5, 0.6) is 0 Å². The van der Waals surface area contributed by atoms with Gasteiger partial charge in [0, 0.05) is 18.9 Å². The molecular formula is C22H44O8. The highest BCUT2D eigenvalue weighted by molar-refractivity contribution is 5.98. The Labute approximate surface area is 181 Å². The normalized spacial score (nSPS) is 12.6. The number of Topliss-reactive ketones (excluding diaryl/α,β-unsaturated/α-hetero) is 4. The molecule has 0 rings (SSSR count). The maximum absolute atomic E-state index is 10.8. The van der Waals surface area contributed by atoms with Crippen molar-refractivity contribution < 1.29 is 39.6 Å². The van der Waals surface area contributed by atoms with Gasteiger partial charge in [0.2, 0.25) is 0 Å². The summed E-state index contributed by atoms with van der Waals surface area (Å²) in [7, 11) is 0. The van der Waals surface area contributed by atoms with Gasteiger partial charge in [0.25, 0.3) is 0 Å². The van der Waals surface area contributed by atoms with Gasteiger partial charge in [-0.15, -0.1) is 0 Å². The Bertz CT molecular complexity index is 453. The number of carbonyl (C=O) groups excluding carboxylic acids is 4. The minimum Gasteiger partial charge on any atom is -0.394 e. The fourth-order valence-electron chi connectivity index (χ4n) is 1.65. The summed E-state index contributed by atoms with van der Waals surface area (Å²) >= 11 is 0. The molecular weight excluding hydrogens is 392 g/mol. The molecule has 8 nitrogen and oxygen atoms in total. The molecule has 0 saturated carbocycles. The fourth-order valence-corrected chi connectivity index (χ4v) is 1.65. The molecule has 0 aromatic heterocycles. The minimum atomic E-state index is -0.678. The van der Waals surface area contributed by atoms with E-state index >= 15 is 0 Å². The molecule has 0 heterocycles. The molecule has 4 N–H and O–H groups in total. The summed E-state index contributed by atoms with van der Waals surface area (Å²) in [4.78, 5) is 41.2. The molecule has 0 amide bonds. The third kappa shape index (κ3) is 50.4. The third-order valence-corrected chi connectivity index (χ3v) is 2.92. The molecule has 0 unspecified atom stereocenters. The molecule has 30 heavy (non-hydrogen) atoms. The van der Waals surface area contributed by atoms with Crippen LogP contribution >= 0.6 is 0 Å². The van der Waals surface area contributed by atoms with Crippen molar-refractivity contribution in [3.8, 4) is 0 Å². The Morgan fingerprint density at radius 2 is 1.03 bits per heavy atom. The Hall–Kier alpha value is -1.48. The summed E-state index contributed by atoms with van der Waals surface area (Å²) in [5.74, 6) is -0.189. The van der Waals surface area contributed by atoms with E-state index in [1.807, 2.05) is 6.92 Å². The van der Waals surface area contributed by atoms with Gasteiger partial charge < -0.3 is 25.2 Å². The zero-order valence-corrected chi connectivity index (χ0v) is 20.0. The van der Waals surface area contributed by atoms with E-state index in [1.54, 1.807) is 20.8 Å². The number of ketones is 4.